The van der Waals surface area contributed by atoms with Crippen LogP contribution in [-0.4, -0.2) is 37.2 Å². The summed E-state index contributed by atoms with van der Waals surface area (Å²) in [6.45, 7) is 4.65. The van der Waals surface area contributed by atoms with Crippen molar-refractivity contribution in [1.82, 2.24) is 0 Å². The molecule has 3 unspecified atom stereocenters. The van der Waals surface area contributed by atoms with Gasteiger partial charge in [-0.15, -0.1) is 0 Å². The van der Waals surface area contributed by atoms with E-state index in [0.717, 1.165) is 64.2 Å². The van der Waals surface area contributed by atoms with Gasteiger partial charge >= 0.3 is 12.3 Å². The molecular formula is C22H38O6. The van der Waals surface area contributed by atoms with Crippen molar-refractivity contribution < 1.29 is 28.5 Å². The molecule has 0 aromatic heterocycles. The molecule has 162 valence electrons. The fourth-order valence-corrected chi connectivity index (χ4v) is 4.04. The van der Waals surface area contributed by atoms with Crippen LogP contribution in [0.3, 0.4) is 0 Å². The molecule has 6 nitrogen and oxygen atoms in total. The second-order valence-electron chi connectivity index (χ2n) is 8.20. The minimum absolute atomic E-state index is 0.0386. The van der Waals surface area contributed by atoms with E-state index in [1.807, 2.05) is 0 Å². The van der Waals surface area contributed by atoms with Gasteiger partial charge < -0.3 is 18.9 Å². The minimum atomic E-state index is -0.656. The molecular weight excluding hydrogens is 360 g/mol. The van der Waals surface area contributed by atoms with Crippen LogP contribution in [0.5, 0.6) is 0 Å². The van der Waals surface area contributed by atoms with Crippen LogP contribution in [0.1, 0.15) is 97.3 Å². The summed E-state index contributed by atoms with van der Waals surface area (Å²) < 4.78 is 21.8. The maximum atomic E-state index is 12.1. The van der Waals surface area contributed by atoms with Gasteiger partial charge in [0.05, 0.1) is 6.61 Å². The summed E-state index contributed by atoms with van der Waals surface area (Å²) >= 11 is 0. The van der Waals surface area contributed by atoms with Gasteiger partial charge in [0.2, 0.25) is 0 Å². The van der Waals surface area contributed by atoms with Crippen molar-refractivity contribution in [3.05, 3.63) is 0 Å². The Morgan fingerprint density at radius 2 is 1.43 bits per heavy atom. The predicted molar refractivity (Wildman–Crippen MR) is 106 cm³/mol. The molecule has 0 amide bonds. The molecule has 0 aromatic carbocycles. The number of hydrogen-bond acceptors (Lipinski definition) is 6. The summed E-state index contributed by atoms with van der Waals surface area (Å²) in [6, 6.07) is 0. The Labute approximate surface area is 169 Å². The topological polar surface area (TPSA) is 71.1 Å². The first-order chi connectivity index (χ1) is 13.6. The van der Waals surface area contributed by atoms with E-state index in [4.69, 9.17) is 18.9 Å². The van der Waals surface area contributed by atoms with Crippen molar-refractivity contribution in [2.45, 2.75) is 116 Å². The van der Waals surface area contributed by atoms with E-state index < -0.39 is 24.5 Å². The molecule has 2 rings (SSSR count). The third-order valence-corrected chi connectivity index (χ3v) is 5.93. The van der Waals surface area contributed by atoms with Crippen LogP contribution in [0.2, 0.25) is 0 Å². The number of carbonyl (C=O) groups is 2. The van der Waals surface area contributed by atoms with Gasteiger partial charge in [-0.3, -0.25) is 0 Å². The third-order valence-electron chi connectivity index (χ3n) is 5.93. The average Bonchev–Trinajstić information content (AvgIpc) is 2.70. The first-order valence-electron chi connectivity index (χ1n) is 11.3. The number of unbranched alkanes of at least 4 members (excludes halogenated alkanes) is 1. The second-order valence-corrected chi connectivity index (χ2v) is 8.20. The van der Waals surface area contributed by atoms with Gasteiger partial charge in [-0.1, -0.05) is 39.5 Å². The summed E-state index contributed by atoms with van der Waals surface area (Å²) in [5, 5.41) is 0. The number of ether oxygens (including phenoxy) is 4. The summed E-state index contributed by atoms with van der Waals surface area (Å²) in [6.07, 6.45) is 10.6. The Hall–Kier alpha value is -1.46. The molecule has 6 heteroatoms. The summed E-state index contributed by atoms with van der Waals surface area (Å²) in [7, 11) is 0. The molecule has 0 saturated heterocycles. The van der Waals surface area contributed by atoms with E-state index >= 15 is 0 Å². The minimum Gasteiger partial charge on any atom is -0.434 e. The van der Waals surface area contributed by atoms with Gasteiger partial charge in [0, 0.05) is 0 Å². The molecule has 2 aliphatic rings. The number of rotatable bonds is 9. The lowest BCUT2D eigenvalue weighted by molar-refractivity contribution is -0.0809. The molecule has 0 spiro atoms. The monoisotopic (exact) mass is 398 g/mol. The predicted octanol–water partition coefficient (Wildman–Crippen LogP) is 6.15. The average molecular weight is 399 g/mol. The molecule has 28 heavy (non-hydrogen) atoms. The van der Waals surface area contributed by atoms with Crippen molar-refractivity contribution in [2.24, 2.45) is 5.92 Å². The molecule has 0 aliphatic heterocycles. The molecule has 0 radical (unpaired) electrons. The van der Waals surface area contributed by atoms with Gasteiger partial charge in [0.15, 0.2) is 0 Å². The van der Waals surface area contributed by atoms with Crippen LogP contribution >= 0.6 is 0 Å². The SMILES string of the molecule is CCCCC(CC)COC(=O)OC1CCCCC1OC(=O)OC1CCCCC1. The summed E-state index contributed by atoms with van der Waals surface area (Å²) in [5.41, 5.74) is 0. The first-order valence-corrected chi connectivity index (χ1v) is 11.3. The molecule has 2 fully saturated rings. The highest BCUT2D eigenvalue weighted by molar-refractivity contribution is 5.61. The highest BCUT2D eigenvalue weighted by Gasteiger charge is 2.33. The van der Waals surface area contributed by atoms with Crippen LogP contribution in [-0.2, 0) is 18.9 Å². The molecule has 3 atom stereocenters. The van der Waals surface area contributed by atoms with Gasteiger partial charge in [-0.25, -0.2) is 9.59 Å². The lowest BCUT2D eigenvalue weighted by Crippen LogP contribution is -2.39. The van der Waals surface area contributed by atoms with E-state index in [1.54, 1.807) is 0 Å². The molecule has 2 saturated carbocycles. The Kier molecular flexibility index (Phi) is 10.5. The zero-order valence-electron chi connectivity index (χ0n) is 17.7. The molecule has 0 N–H and O–H groups in total. The van der Waals surface area contributed by atoms with Gasteiger partial charge in [-0.2, -0.15) is 0 Å². The van der Waals surface area contributed by atoms with E-state index in [1.165, 1.54) is 6.42 Å². The maximum Gasteiger partial charge on any atom is 0.508 e. The lowest BCUT2D eigenvalue weighted by Gasteiger charge is -2.31. The fourth-order valence-electron chi connectivity index (χ4n) is 4.04. The van der Waals surface area contributed by atoms with Crippen molar-refractivity contribution in [2.75, 3.05) is 6.61 Å². The first kappa shape index (κ1) is 22.8. The summed E-state index contributed by atoms with van der Waals surface area (Å²) in [4.78, 5) is 24.3. The normalized spacial score (nSPS) is 24.2. The largest absolute Gasteiger partial charge is 0.508 e. The molecule has 0 aromatic rings. The Balaban J connectivity index is 1.74. The highest BCUT2D eigenvalue weighted by Crippen LogP contribution is 2.26. The van der Waals surface area contributed by atoms with Gasteiger partial charge in [0.25, 0.3) is 0 Å². The Bertz CT molecular complexity index is 460. The maximum absolute atomic E-state index is 12.1. The molecule has 2 aliphatic carbocycles. The number of hydrogen-bond donors (Lipinski definition) is 0. The fraction of sp³-hybridized carbons (Fsp3) is 0.909. The van der Waals surface area contributed by atoms with E-state index in [2.05, 4.69) is 13.8 Å². The van der Waals surface area contributed by atoms with Gasteiger partial charge in [-0.05, 0) is 63.7 Å². The molecule has 0 bridgehead atoms. The van der Waals surface area contributed by atoms with Crippen LogP contribution < -0.4 is 0 Å². The Morgan fingerprint density at radius 3 is 2.04 bits per heavy atom. The van der Waals surface area contributed by atoms with Gasteiger partial charge in [0.1, 0.15) is 18.3 Å². The van der Waals surface area contributed by atoms with Crippen LogP contribution in [0.15, 0.2) is 0 Å². The van der Waals surface area contributed by atoms with Crippen LogP contribution in [0.25, 0.3) is 0 Å². The quantitative estimate of drug-likeness (QED) is 0.434. The van der Waals surface area contributed by atoms with Crippen molar-refractivity contribution in [3.63, 3.8) is 0 Å². The zero-order chi connectivity index (χ0) is 20.2. The highest BCUT2D eigenvalue weighted by atomic mass is 16.8. The lowest BCUT2D eigenvalue weighted by atomic mass is 9.94. The standard InChI is InChI=1S/C22H38O6/c1-3-5-11-17(4-2)16-25-21(23)27-19-14-9-10-15-20(19)28-22(24)26-18-12-7-6-8-13-18/h17-20H,3-16H2,1-2H3. The molecule has 0 heterocycles. The summed E-state index contributed by atoms with van der Waals surface area (Å²) in [5.74, 6) is 0.372. The van der Waals surface area contributed by atoms with E-state index in [-0.39, 0.29) is 6.10 Å². The van der Waals surface area contributed by atoms with Crippen molar-refractivity contribution >= 4 is 12.3 Å². The van der Waals surface area contributed by atoms with E-state index in [0.29, 0.717) is 25.4 Å². The Morgan fingerprint density at radius 1 is 0.821 bits per heavy atom. The third kappa shape index (κ3) is 8.27. The smallest absolute Gasteiger partial charge is 0.434 e. The number of carbonyl (C=O) groups excluding carboxylic acids is 2. The van der Waals surface area contributed by atoms with Crippen molar-refractivity contribution in [1.29, 1.82) is 0 Å². The van der Waals surface area contributed by atoms with Crippen molar-refractivity contribution in [3.8, 4) is 0 Å². The van der Waals surface area contributed by atoms with E-state index in [9.17, 15) is 9.59 Å². The van der Waals surface area contributed by atoms with Crippen LogP contribution in [0, 0.1) is 5.92 Å². The zero-order valence-corrected chi connectivity index (χ0v) is 17.7. The second kappa shape index (κ2) is 12.9. The van der Waals surface area contributed by atoms with Crippen LogP contribution in [0.4, 0.5) is 9.59 Å².